The molecule has 3 unspecified atom stereocenters. The number of H-pyrrole nitrogens is 1. The second-order valence-corrected chi connectivity index (χ2v) is 11.0. The van der Waals surface area contributed by atoms with Gasteiger partial charge in [0, 0.05) is 18.3 Å². The number of nitrogens with one attached hydrogen (secondary N) is 2. The lowest BCUT2D eigenvalue weighted by molar-refractivity contribution is 0.0749. The van der Waals surface area contributed by atoms with Crippen molar-refractivity contribution in [1.82, 2.24) is 14.5 Å². The minimum Gasteiger partial charge on any atom is -0.382 e. The summed E-state index contributed by atoms with van der Waals surface area (Å²) in [6, 6.07) is 0. The van der Waals surface area contributed by atoms with E-state index in [0.717, 1.165) is 24.4 Å². The van der Waals surface area contributed by atoms with Crippen LogP contribution < -0.4 is 16.7 Å². The van der Waals surface area contributed by atoms with Gasteiger partial charge in [-0.2, -0.15) is 0 Å². The first-order valence-corrected chi connectivity index (χ1v) is 14.0. The molecule has 4 aliphatic rings. The van der Waals surface area contributed by atoms with Crippen LogP contribution in [0.1, 0.15) is 38.3 Å². The number of amidine groups is 1. The van der Waals surface area contributed by atoms with Gasteiger partial charge in [0.1, 0.15) is 11.5 Å². The lowest BCUT2D eigenvalue weighted by Crippen LogP contribution is -2.33. The molecule has 4 N–H and O–H groups in total. The number of nitrogens with zero attached hydrogens (tertiary/aromatic N) is 4. The molecule has 0 amide bonds. The summed E-state index contributed by atoms with van der Waals surface area (Å²) in [5, 5.41) is 7.95. The molecule has 0 spiro atoms. The van der Waals surface area contributed by atoms with Gasteiger partial charge in [0.2, 0.25) is 6.35 Å². The van der Waals surface area contributed by atoms with Crippen molar-refractivity contribution in [3.8, 4) is 0 Å². The molecule has 188 valence electrons. The third-order valence-electron chi connectivity index (χ3n) is 6.65. The Kier molecular flexibility index (Phi) is 7.50. The molecule has 0 aromatic carbocycles. The molecule has 5 heterocycles. The molecule has 1 saturated heterocycles. The van der Waals surface area contributed by atoms with E-state index >= 15 is 0 Å². The number of imidazole rings is 1. The second kappa shape index (κ2) is 10.9. The topological polar surface area (TPSA) is 113 Å². The lowest BCUT2D eigenvalue weighted by atomic mass is 9.97. The molecule has 0 radical (unpaired) electrons. The predicted octanol–water partition coefficient (Wildman–Crippen LogP) is 2.61. The standard InChI is InChI=1S/C25H35N7O2S/c1-2-3-12-34-24-29-22(26)21-23(30-24)32(25(33)28-21)15-20-9-8-18(14-27-20)19-7-6-13-35(16-19)17-31-10-4-5-11-31/h6-9,13,16,18,24,30H,2-5,10-12,14-15,17H2,1H3,(H2,26,29)(H,28,33). The Morgan fingerprint density at radius 3 is 2.94 bits per heavy atom. The molecular weight excluding hydrogens is 462 g/mol. The molecule has 3 atom stereocenters. The Balaban J connectivity index is 1.24. The number of dihydropyridines is 1. The molecular formula is C25H35N7O2S. The highest BCUT2D eigenvalue weighted by atomic mass is 32.2. The van der Waals surface area contributed by atoms with Crippen LogP contribution in [-0.2, 0) is 11.3 Å². The van der Waals surface area contributed by atoms with Gasteiger partial charge in [-0.3, -0.25) is 14.5 Å². The van der Waals surface area contributed by atoms with E-state index in [-0.39, 0.29) is 27.9 Å². The summed E-state index contributed by atoms with van der Waals surface area (Å²) in [4.78, 5) is 27.2. The first-order valence-electron chi connectivity index (χ1n) is 12.5. The Morgan fingerprint density at radius 1 is 1.31 bits per heavy atom. The van der Waals surface area contributed by atoms with Crippen LogP contribution >= 0.6 is 10.5 Å². The van der Waals surface area contributed by atoms with Crippen molar-refractivity contribution in [2.75, 3.05) is 37.4 Å². The maximum absolute atomic E-state index is 12.7. The van der Waals surface area contributed by atoms with Gasteiger partial charge in [-0.1, -0.05) is 31.6 Å². The van der Waals surface area contributed by atoms with Crippen LogP contribution in [-0.4, -0.2) is 69.8 Å². The summed E-state index contributed by atoms with van der Waals surface area (Å²) in [7, 11) is 0.161. The van der Waals surface area contributed by atoms with E-state index in [0.29, 0.717) is 31.2 Å². The zero-order valence-electron chi connectivity index (χ0n) is 20.3. The number of ether oxygens (including phenoxy) is 1. The van der Waals surface area contributed by atoms with Crippen LogP contribution in [0.5, 0.6) is 0 Å². The van der Waals surface area contributed by atoms with Gasteiger partial charge in [0.05, 0.1) is 18.9 Å². The van der Waals surface area contributed by atoms with Gasteiger partial charge in [-0.25, -0.2) is 9.79 Å². The smallest absolute Gasteiger partial charge is 0.328 e. The number of rotatable bonds is 9. The first-order chi connectivity index (χ1) is 17.1. The fourth-order valence-electron chi connectivity index (χ4n) is 4.67. The molecule has 1 aromatic rings. The van der Waals surface area contributed by atoms with E-state index in [4.69, 9.17) is 15.5 Å². The number of aliphatic imine (C=N–C) groups is 2. The normalized spacial score (nSPS) is 26.0. The SMILES string of the molecule is CCCCOC1N=C(N)c2[nH]c(=O)n(CC3=NCC(C4=CC=CS(CN5CCCC5)=C4)C=C3)c2N1. The minimum absolute atomic E-state index is 0.161. The third kappa shape index (κ3) is 5.60. The first kappa shape index (κ1) is 24.0. The van der Waals surface area contributed by atoms with Gasteiger partial charge >= 0.3 is 5.69 Å². The lowest BCUT2D eigenvalue weighted by Gasteiger charge is -2.23. The molecule has 1 fully saturated rings. The number of likely N-dealkylation sites (tertiary alicyclic amines) is 1. The van der Waals surface area contributed by atoms with E-state index in [1.54, 1.807) is 4.57 Å². The largest absolute Gasteiger partial charge is 0.382 e. The zero-order chi connectivity index (χ0) is 24.2. The molecule has 5 rings (SSSR count). The van der Waals surface area contributed by atoms with Crippen LogP contribution in [0.3, 0.4) is 0 Å². The second-order valence-electron chi connectivity index (χ2n) is 9.31. The van der Waals surface area contributed by atoms with Gasteiger partial charge in [-0.05, 0) is 54.8 Å². The summed E-state index contributed by atoms with van der Waals surface area (Å²) >= 11 is 0. The van der Waals surface area contributed by atoms with E-state index in [1.165, 1.54) is 31.5 Å². The van der Waals surface area contributed by atoms with Crippen molar-refractivity contribution >= 4 is 33.2 Å². The molecule has 0 saturated carbocycles. The highest BCUT2D eigenvalue weighted by Crippen LogP contribution is 2.28. The summed E-state index contributed by atoms with van der Waals surface area (Å²) < 4.78 is 7.39. The summed E-state index contributed by atoms with van der Waals surface area (Å²) in [5.41, 5.74) is 8.56. The number of allylic oxidation sites excluding steroid dienone is 3. The summed E-state index contributed by atoms with van der Waals surface area (Å²) in [5.74, 6) is 2.27. The van der Waals surface area contributed by atoms with Crippen LogP contribution in [0.25, 0.3) is 0 Å². The van der Waals surface area contributed by atoms with Gasteiger partial charge in [0.15, 0.2) is 5.84 Å². The van der Waals surface area contributed by atoms with E-state index in [2.05, 4.69) is 56.1 Å². The minimum atomic E-state index is -0.597. The Morgan fingerprint density at radius 2 is 2.17 bits per heavy atom. The maximum Gasteiger partial charge on any atom is 0.328 e. The molecule has 0 aliphatic carbocycles. The summed E-state index contributed by atoms with van der Waals surface area (Å²) in [6.45, 7) is 6.17. The number of nitrogens with two attached hydrogens (primary N) is 1. The van der Waals surface area contributed by atoms with Crippen LogP contribution in [0.2, 0.25) is 0 Å². The van der Waals surface area contributed by atoms with Crippen molar-refractivity contribution in [3.05, 3.63) is 51.5 Å². The van der Waals surface area contributed by atoms with Crippen molar-refractivity contribution in [1.29, 1.82) is 0 Å². The fourth-order valence-corrected chi connectivity index (χ4v) is 6.47. The number of hydrogen-bond acceptors (Lipinski definition) is 7. The van der Waals surface area contributed by atoms with Gasteiger partial charge in [0.25, 0.3) is 0 Å². The molecule has 4 aliphatic heterocycles. The van der Waals surface area contributed by atoms with E-state index in [1.807, 2.05) is 6.08 Å². The average Bonchev–Trinajstić information content (AvgIpc) is 3.48. The maximum atomic E-state index is 12.7. The Bertz CT molecular complexity index is 1180. The average molecular weight is 498 g/mol. The van der Waals surface area contributed by atoms with Crippen LogP contribution in [0, 0.1) is 5.92 Å². The number of hydrogen-bond donors (Lipinski definition) is 3. The zero-order valence-corrected chi connectivity index (χ0v) is 21.1. The number of aromatic amines is 1. The van der Waals surface area contributed by atoms with Gasteiger partial charge in [-0.15, -0.1) is 10.5 Å². The highest BCUT2D eigenvalue weighted by Gasteiger charge is 2.26. The molecule has 35 heavy (non-hydrogen) atoms. The number of anilines is 1. The number of aromatic nitrogens is 2. The molecule has 9 nitrogen and oxygen atoms in total. The van der Waals surface area contributed by atoms with Crippen LogP contribution in [0.4, 0.5) is 5.82 Å². The quantitative estimate of drug-likeness (QED) is 0.359. The number of unbranched alkanes of at least 4 members (excludes halogenated alkanes) is 1. The van der Waals surface area contributed by atoms with Crippen LogP contribution in [0.15, 0.2) is 50.1 Å². The Labute approximate surface area is 208 Å². The third-order valence-corrected chi connectivity index (χ3v) is 8.40. The predicted molar refractivity (Wildman–Crippen MR) is 146 cm³/mol. The van der Waals surface area contributed by atoms with Crippen molar-refractivity contribution in [3.63, 3.8) is 0 Å². The number of fused-ring (bicyclic) bond motifs is 1. The fraction of sp³-hybridized carbons (Fsp3) is 0.520. The summed E-state index contributed by atoms with van der Waals surface area (Å²) in [6.07, 6.45) is 12.7. The van der Waals surface area contributed by atoms with Crippen molar-refractivity contribution in [2.24, 2.45) is 21.6 Å². The van der Waals surface area contributed by atoms with E-state index in [9.17, 15) is 4.79 Å². The van der Waals surface area contributed by atoms with Crippen molar-refractivity contribution < 1.29 is 4.74 Å². The molecule has 1 aromatic heterocycles. The highest BCUT2D eigenvalue weighted by molar-refractivity contribution is 8.17. The molecule has 0 bridgehead atoms. The Hall–Kier alpha value is -2.69. The monoisotopic (exact) mass is 497 g/mol. The van der Waals surface area contributed by atoms with E-state index < -0.39 is 6.35 Å². The molecule has 10 heteroatoms. The van der Waals surface area contributed by atoms with Gasteiger partial charge < -0.3 is 20.8 Å². The van der Waals surface area contributed by atoms with Crippen molar-refractivity contribution in [2.45, 2.75) is 45.5 Å².